The number of nitrogens with one attached hydrogen (secondary N) is 2. The van der Waals surface area contributed by atoms with Crippen LogP contribution in [-0.2, 0) is 6.54 Å². The SMILES string of the molecule is COc1cccc(CNCC2CCC(Nc3nc(N(C)C)c4ccccc4n3)CC2)c1OC. The van der Waals surface area contributed by atoms with E-state index >= 15 is 0 Å². The zero-order valence-corrected chi connectivity index (χ0v) is 20.1. The first-order chi connectivity index (χ1) is 16.1. The summed E-state index contributed by atoms with van der Waals surface area (Å²) in [5.74, 6) is 3.94. The second-order valence-corrected chi connectivity index (χ2v) is 8.93. The van der Waals surface area contributed by atoms with Crippen LogP contribution in [0.1, 0.15) is 31.2 Å². The van der Waals surface area contributed by atoms with Crippen molar-refractivity contribution >= 4 is 22.7 Å². The van der Waals surface area contributed by atoms with Gasteiger partial charge >= 0.3 is 0 Å². The second-order valence-electron chi connectivity index (χ2n) is 8.93. The van der Waals surface area contributed by atoms with E-state index in [0.29, 0.717) is 12.0 Å². The first-order valence-corrected chi connectivity index (χ1v) is 11.7. The Bertz CT molecular complexity index is 1060. The number of hydrogen-bond donors (Lipinski definition) is 2. The monoisotopic (exact) mass is 449 g/mol. The van der Waals surface area contributed by atoms with Crippen molar-refractivity contribution in [2.24, 2.45) is 5.92 Å². The van der Waals surface area contributed by atoms with E-state index in [9.17, 15) is 0 Å². The Morgan fingerprint density at radius 3 is 2.45 bits per heavy atom. The molecular formula is C26H35N5O2. The van der Waals surface area contributed by atoms with Crippen LogP contribution in [0.4, 0.5) is 11.8 Å². The van der Waals surface area contributed by atoms with Crippen LogP contribution in [0.5, 0.6) is 11.5 Å². The summed E-state index contributed by atoms with van der Waals surface area (Å²) in [6.45, 7) is 1.78. The lowest BCUT2D eigenvalue weighted by molar-refractivity contribution is 0.321. The first kappa shape index (κ1) is 23.1. The molecule has 0 bridgehead atoms. The summed E-state index contributed by atoms with van der Waals surface area (Å²) in [5.41, 5.74) is 2.10. The molecule has 33 heavy (non-hydrogen) atoms. The number of rotatable bonds is 9. The van der Waals surface area contributed by atoms with Crippen LogP contribution < -0.4 is 25.0 Å². The molecule has 0 atom stereocenters. The molecule has 0 aliphatic heterocycles. The summed E-state index contributed by atoms with van der Waals surface area (Å²) in [5, 5.41) is 8.29. The molecule has 2 aromatic carbocycles. The number of benzene rings is 2. The third-order valence-corrected chi connectivity index (χ3v) is 6.42. The minimum Gasteiger partial charge on any atom is -0.493 e. The molecule has 7 nitrogen and oxygen atoms in total. The van der Waals surface area contributed by atoms with Gasteiger partial charge in [-0.15, -0.1) is 0 Å². The highest BCUT2D eigenvalue weighted by Crippen LogP contribution is 2.31. The number of hydrogen-bond acceptors (Lipinski definition) is 7. The quantitative estimate of drug-likeness (QED) is 0.499. The van der Waals surface area contributed by atoms with Gasteiger partial charge in [-0.25, -0.2) is 4.98 Å². The summed E-state index contributed by atoms with van der Waals surface area (Å²) in [6.07, 6.45) is 4.63. The van der Waals surface area contributed by atoms with E-state index in [1.165, 1.54) is 12.8 Å². The van der Waals surface area contributed by atoms with Gasteiger partial charge < -0.3 is 25.0 Å². The maximum atomic E-state index is 5.54. The van der Waals surface area contributed by atoms with Gasteiger partial charge in [0.15, 0.2) is 11.5 Å². The Hall–Kier alpha value is -3.06. The van der Waals surface area contributed by atoms with Crippen LogP contribution in [0, 0.1) is 5.92 Å². The van der Waals surface area contributed by atoms with Gasteiger partial charge in [0.1, 0.15) is 5.82 Å². The fourth-order valence-corrected chi connectivity index (χ4v) is 4.66. The van der Waals surface area contributed by atoms with Crippen LogP contribution >= 0.6 is 0 Å². The summed E-state index contributed by atoms with van der Waals surface area (Å²) in [6, 6.07) is 14.6. The van der Waals surface area contributed by atoms with Crippen LogP contribution in [-0.4, -0.2) is 50.9 Å². The van der Waals surface area contributed by atoms with E-state index in [-0.39, 0.29) is 0 Å². The van der Waals surface area contributed by atoms with Crippen molar-refractivity contribution in [2.45, 2.75) is 38.3 Å². The molecular weight excluding hydrogens is 414 g/mol. The fourth-order valence-electron chi connectivity index (χ4n) is 4.66. The summed E-state index contributed by atoms with van der Waals surface area (Å²) < 4.78 is 10.9. The van der Waals surface area contributed by atoms with Gasteiger partial charge in [-0.2, -0.15) is 4.98 Å². The Balaban J connectivity index is 1.29. The highest BCUT2D eigenvalue weighted by atomic mass is 16.5. The van der Waals surface area contributed by atoms with Crippen LogP contribution in [0.3, 0.4) is 0 Å². The summed E-state index contributed by atoms with van der Waals surface area (Å²) in [7, 11) is 7.41. The average molecular weight is 450 g/mol. The zero-order valence-electron chi connectivity index (χ0n) is 20.1. The Labute approximate surface area is 196 Å². The molecule has 0 radical (unpaired) electrons. The van der Waals surface area contributed by atoms with Crippen molar-refractivity contribution in [1.82, 2.24) is 15.3 Å². The number of fused-ring (bicyclic) bond motifs is 1. The predicted octanol–water partition coefficient (Wildman–Crippen LogP) is 4.47. The lowest BCUT2D eigenvalue weighted by Gasteiger charge is -2.29. The molecule has 0 amide bonds. The molecule has 2 N–H and O–H groups in total. The molecule has 1 fully saturated rings. The lowest BCUT2D eigenvalue weighted by atomic mass is 9.86. The standard InChI is InChI=1S/C26H35N5O2/c1-31(2)25-21-9-5-6-10-22(21)29-26(30-25)28-20-14-12-18(13-15-20)16-27-17-19-8-7-11-23(32-3)24(19)33-4/h5-11,18,20,27H,12-17H2,1-4H3,(H,28,29,30). The molecule has 0 saturated heterocycles. The highest BCUT2D eigenvalue weighted by molar-refractivity contribution is 5.90. The van der Waals surface area contributed by atoms with Crippen molar-refractivity contribution in [3.63, 3.8) is 0 Å². The summed E-state index contributed by atoms with van der Waals surface area (Å²) in [4.78, 5) is 11.6. The smallest absolute Gasteiger partial charge is 0.225 e. The van der Waals surface area contributed by atoms with Gasteiger partial charge in [-0.05, 0) is 56.3 Å². The molecule has 4 rings (SSSR count). The lowest BCUT2D eigenvalue weighted by Crippen LogP contribution is -2.31. The number of ether oxygens (including phenoxy) is 2. The predicted molar refractivity (Wildman–Crippen MR) is 134 cm³/mol. The van der Waals surface area contributed by atoms with Gasteiger partial charge in [0.2, 0.25) is 5.95 Å². The largest absolute Gasteiger partial charge is 0.493 e. The number of methoxy groups -OCH3 is 2. The van der Waals surface area contributed by atoms with E-state index in [0.717, 1.165) is 65.7 Å². The zero-order chi connectivity index (χ0) is 23.2. The van der Waals surface area contributed by atoms with Gasteiger partial charge in [0.05, 0.1) is 19.7 Å². The van der Waals surface area contributed by atoms with Crippen molar-refractivity contribution in [3.8, 4) is 11.5 Å². The molecule has 0 unspecified atom stereocenters. The third-order valence-electron chi connectivity index (χ3n) is 6.42. The minimum atomic E-state index is 0.413. The van der Waals surface area contributed by atoms with Gasteiger partial charge in [0.25, 0.3) is 0 Å². The topological polar surface area (TPSA) is 71.5 Å². The number of nitrogens with zero attached hydrogens (tertiary/aromatic N) is 3. The van der Waals surface area contributed by atoms with Crippen LogP contribution in [0.15, 0.2) is 42.5 Å². The third kappa shape index (κ3) is 5.47. The molecule has 1 aliphatic rings. The van der Waals surface area contributed by atoms with Gasteiger partial charge in [0, 0.05) is 37.6 Å². The maximum absolute atomic E-state index is 5.54. The van der Waals surface area contributed by atoms with E-state index in [2.05, 4.69) is 33.7 Å². The Kier molecular flexibility index (Phi) is 7.50. The highest BCUT2D eigenvalue weighted by Gasteiger charge is 2.22. The number of anilines is 2. The van der Waals surface area contributed by atoms with Crippen molar-refractivity contribution in [1.29, 1.82) is 0 Å². The van der Waals surface area contributed by atoms with E-state index in [1.54, 1.807) is 14.2 Å². The van der Waals surface area contributed by atoms with Crippen molar-refractivity contribution in [2.75, 3.05) is 45.1 Å². The van der Waals surface area contributed by atoms with Crippen molar-refractivity contribution < 1.29 is 9.47 Å². The molecule has 1 aliphatic carbocycles. The minimum absolute atomic E-state index is 0.413. The number of para-hydroxylation sites is 2. The Morgan fingerprint density at radius 1 is 0.939 bits per heavy atom. The maximum Gasteiger partial charge on any atom is 0.225 e. The van der Waals surface area contributed by atoms with Crippen LogP contribution in [0.2, 0.25) is 0 Å². The summed E-state index contributed by atoms with van der Waals surface area (Å²) >= 11 is 0. The fraction of sp³-hybridized carbons (Fsp3) is 0.462. The molecule has 1 saturated carbocycles. The Morgan fingerprint density at radius 2 is 1.73 bits per heavy atom. The van der Waals surface area contributed by atoms with E-state index < -0.39 is 0 Å². The van der Waals surface area contributed by atoms with Crippen molar-refractivity contribution in [3.05, 3.63) is 48.0 Å². The molecule has 0 spiro atoms. The van der Waals surface area contributed by atoms with Gasteiger partial charge in [-0.1, -0.05) is 24.3 Å². The van der Waals surface area contributed by atoms with E-state index in [1.807, 2.05) is 38.4 Å². The second kappa shape index (κ2) is 10.7. The van der Waals surface area contributed by atoms with Crippen LogP contribution in [0.25, 0.3) is 10.9 Å². The normalized spacial score (nSPS) is 18.2. The molecule has 176 valence electrons. The first-order valence-electron chi connectivity index (χ1n) is 11.7. The number of aromatic nitrogens is 2. The van der Waals surface area contributed by atoms with E-state index in [4.69, 9.17) is 19.4 Å². The van der Waals surface area contributed by atoms with Gasteiger partial charge in [-0.3, -0.25) is 0 Å². The molecule has 3 aromatic rings. The average Bonchev–Trinajstić information content (AvgIpc) is 2.84. The molecule has 7 heteroatoms. The molecule has 1 aromatic heterocycles. The molecule has 1 heterocycles.